The van der Waals surface area contributed by atoms with Gasteiger partial charge in [0.25, 0.3) is 0 Å². The second-order valence-electron chi connectivity index (χ2n) is 5.41. The molecule has 0 bridgehead atoms. The Labute approximate surface area is 124 Å². The molecule has 0 saturated heterocycles. The number of sulfonamides is 1. The summed E-state index contributed by atoms with van der Waals surface area (Å²) in [6.45, 7) is 2.28. The zero-order valence-corrected chi connectivity index (χ0v) is 12.6. The largest absolute Gasteiger partial charge is 0.492 e. The van der Waals surface area contributed by atoms with Gasteiger partial charge in [-0.1, -0.05) is 30.3 Å². The molecule has 110 valence electrons. The number of rotatable bonds is 4. The molecular formula is C16H17NO3S. The number of ether oxygens (including phenoxy) is 1. The minimum atomic E-state index is -3.78. The van der Waals surface area contributed by atoms with Crippen molar-refractivity contribution in [2.75, 3.05) is 6.61 Å². The van der Waals surface area contributed by atoms with Crippen molar-refractivity contribution in [3.63, 3.8) is 0 Å². The highest BCUT2D eigenvalue weighted by molar-refractivity contribution is 7.89. The highest BCUT2D eigenvalue weighted by Crippen LogP contribution is 2.35. The van der Waals surface area contributed by atoms with Crippen molar-refractivity contribution in [3.8, 4) is 5.75 Å². The lowest BCUT2D eigenvalue weighted by Crippen LogP contribution is -2.24. The number of hydrogen-bond donors (Lipinski definition) is 1. The van der Waals surface area contributed by atoms with Gasteiger partial charge in [0.15, 0.2) is 0 Å². The van der Waals surface area contributed by atoms with Crippen LogP contribution in [0, 0.1) is 6.92 Å². The quantitative estimate of drug-likeness (QED) is 0.942. The first-order valence-electron chi connectivity index (χ1n) is 6.79. The maximum Gasteiger partial charge on any atom is 0.241 e. The summed E-state index contributed by atoms with van der Waals surface area (Å²) in [6.07, 6.45) is 0.965. The van der Waals surface area contributed by atoms with Crippen molar-refractivity contribution in [1.82, 2.24) is 0 Å². The average molecular weight is 303 g/mol. The van der Waals surface area contributed by atoms with E-state index in [1.54, 1.807) is 12.1 Å². The third kappa shape index (κ3) is 2.80. The van der Waals surface area contributed by atoms with Crippen LogP contribution in [0.2, 0.25) is 0 Å². The smallest absolute Gasteiger partial charge is 0.241 e. The standard InChI is InChI=1S/C16H17NO3S/c1-11-6-7-15(16(8-11)21(17,18)19)20-10-13-9-12-4-2-3-5-14(12)13/h2-8,13H,9-10H2,1H3,(H2,17,18,19). The molecule has 3 rings (SSSR count). The third-order valence-corrected chi connectivity index (χ3v) is 4.74. The molecule has 0 radical (unpaired) electrons. The highest BCUT2D eigenvalue weighted by atomic mass is 32.2. The van der Waals surface area contributed by atoms with Crippen molar-refractivity contribution in [2.45, 2.75) is 24.2 Å². The minimum Gasteiger partial charge on any atom is -0.492 e. The molecule has 0 spiro atoms. The van der Waals surface area contributed by atoms with Crippen LogP contribution in [0.5, 0.6) is 5.75 Å². The first kappa shape index (κ1) is 14.1. The summed E-state index contributed by atoms with van der Waals surface area (Å²) < 4.78 is 29.0. The van der Waals surface area contributed by atoms with Crippen LogP contribution in [0.4, 0.5) is 0 Å². The molecule has 0 saturated carbocycles. The molecule has 0 fully saturated rings. The van der Waals surface area contributed by atoms with E-state index in [0.29, 0.717) is 18.3 Å². The van der Waals surface area contributed by atoms with Gasteiger partial charge in [-0.05, 0) is 42.2 Å². The van der Waals surface area contributed by atoms with Crippen LogP contribution in [0.1, 0.15) is 22.6 Å². The molecule has 5 heteroatoms. The molecule has 0 heterocycles. The van der Waals surface area contributed by atoms with Gasteiger partial charge in [-0.3, -0.25) is 0 Å². The number of nitrogens with two attached hydrogens (primary N) is 1. The summed E-state index contributed by atoms with van der Waals surface area (Å²) >= 11 is 0. The van der Waals surface area contributed by atoms with Crippen LogP contribution in [0.15, 0.2) is 47.4 Å². The molecule has 1 aliphatic rings. The highest BCUT2D eigenvalue weighted by Gasteiger charge is 2.26. The normalized spacial score (nSPS) is 17.0. The van der Waals surface area contributed by atoms with Gasteiger partial charge in [0.2, 0.25) is 10.0 Å². The third-order valence-electron chi connectivity index (χ3n) is 3.81. The first-order chi connectivity index (χ1) is 9.95. The number of fused-ring (bicyclic) bond motifs is 1. The zero-order chi connectivity index (χ0) is 15.0. The van der Waals surface area contributed by atoms with Gasteiger partial charge in [0.1, 0.15) is 10.6 Å². The van der Waals surface area contributed by atoms with Gasteiger partial charge in [0.05, 0.1) is 6.61 Å². The van der Waals surface area contributed by atoms with Crippen LogP contribution in [0.25, 0.3) is 0 Å². The first-order valence-corrected chi connectivity index (χ1v) is 8.34. The summed E-state index contributed by atoms with van der Waals surface area (Å²) in [5, 5.41) is 5.25. The summed E-state index contributed by atoms with van der Waals surface area (Å²) in [4.78, 5) is 0.0510. The molecule has 0 aliphatic heterocycles. The Hall–Kier alpha value is -1.85. The van der Waals surface area contributed by atoms with Crippen LogP contribution < -0.4 is 9.88 Å². The molecule has 1 aliphatic carbocycles. The Morgan fingerprint density at radius 3 is 2.71 bits per heavy atom. The van der Waals surface area contributed by atoms with Crippen molar-refractivity contribution in [3.05, 3.63) is 59.2 Å². The molecule has 0 amide bonds. The molecule has 2 aromatic rings. The number of aryl methyl sites for hydroxylation is 1. The van der Waals surface area contributed by atoms with Crippen molar-refractivity contribution >= 4 is 10.0 Å². The second-order valence-corrected chi connectivity index (χ2v) is 6.94. The fourth-order valence-electron chi connectivity index (χ4n) is 2.66. The average Bonchev–Trinajstić information content (AvgIpc) is 2.40. The van der Waals surface area contributed by atoms with Gasteiger partial charge in [-0.2, -0.15) is 0 Å². The zero-order valence-electron chi connectivity index (χ0n) is 11.7. The Bertz CT molecular complexity index is 784. The molecule has 2 N–H and O–H groups in total. The van der Waals surface area contributed by atoms with Gasteiger partial charge < -0.3 is 4.74 Å². The van der Waals surface area contributed by atoms with Crippen molar-refractivity contribution in [2.24, 2.45) is 5.14 Å². The molecule has 21 heavy (non-hydrogen) atoms. The number of primary sulfonamides is 1. The van der Waals surface area contributed by atoms with Crippen molar-refractivity contribution in [1.29, 1.82) is 0 Å². The Kier molecular flexibility index (Phi) is 3.47. The topological polar surface area (TPSA) is 69.4 Å². The van der Waals surface area contributed by atoms with E-state index < -0.39 is 10.0 Å². The lowest BCUT2D eigenvalue weighted by atomic mass is 9.78. The van der Waals surface area contributed by atoms with E-state index in [-0.39, 0.29) is 4.90 Å². The van der Waals surface area contributed by atoms with Crippen molar-refractivity contribution < 1.29 is 13.2 Å². The summed E-state index contributed by atoms with van der Waals surface area (Å²) in [7, 11) is -3.78. The summed E-state index contributed by atoms with van der Waals surface area (Å²) in [6, 6.07) is 13.2. The molecule has 1 unspecified atom stereocenters. The van der Waals surface area contributed by atoms with E-state index in [0.717, 1.165) is 12.0 Å². The molecule has 0 aromatic heterocycles. The van der Waals surface area contributed by atoms with Crippen LogP contribution in [-0.4, -0.2) is 15.0 Å². The van der Waals surface area contributed by atoms with E-state index >= 15 is 0 Å². The monoisotopic (exact) mass is 303 g/mol. The Balaban J connectivity index is 1.78. The maximum absolute atomic E-state index is 11.6. The van der Waals surface area contributed by atoms with Gasteiger partial charge in [0, 0.05) is 5.92 Å². The number of benzene rings is 2. The lowest BCUT2D eigenvalue weighted by molar-refractivity contribution is 0.269. The SMILES string of the molecule is Cc1ccc(OCC2Cc3ccccc32)c(S(N)(=O)=O)c1. The molecule has 4 nitrogen and oxygen atoms in total. The summed E-state index contributed by atoms with van der Waals surface area (Å²) in [5.74, 6) is 0.642. The van der Waals surface area contributed by atoms with E-state index in [4.69, 9.17) is 9.88 Å². The van der Waals surface area contributed by atoms with Gasteiger partial charge in [-0.15, -0.1) is 0 Å². The van der Waals surface area contributed by atoms with Crippen LogP contribution in [0.3, 0.4) is 0 Å². The van der Waals surface area contributed by atoms with E-state index in [9.17, 15) is 8.42 Å². The predicted octanol–water partition coefficient (Wildman–Crippen LogP) is 2.36. The predicted molar refractivity (Wildman–Crippen MR) is 80.9 cm³/mol. The minimum absolute atomic E-state index is 0.0510. The number of hydrogen-bond acceptors (Lipinski definition) is 3. The van der Waals surface area contributed by atoms with Crippen LogP contribution in [-0.2, 0) is 16.4 Å². The van der Waals surface area contributed by atoms with Gasteiger partial charge in [-0.25, -0.2) is 13.6 Å². The lowest BCUT2D eigenvalue weighted by Gasteiger charge is -2.30. The fraction of sp³-hybridized carbons (Fsp3) is 0.250. The Morgan fingerprint density at radius 2 is 2.00 bits per heavy atom. The molecule has 1 atom stereocenters. The van der Waals surface area contributed by atoms with E-state index in [1.807, 2.05) is 25.1 Å². The summed E-state index contributed by atoms with van der Waals surface area (Å²) in [5.41, 5.74) is 3.45. The molecular weight excluding hydrogens is 286 g/mol. The fourth-order valence-corrected chi connectivity index (χ4v) is 3.42. The van der Waals surface area contributed by atoms with Gasteiger partial charge >= 0.3 is 0 Å². The second kappa shape index (κ2) is 5.16. The Morgan fingerprint density at radius 1 is 1.24 bits per heavy atom. The molecule has 2 aromatic carbocycles. The maximum atomic E-state index is 11.6. The van der Waals surface area contributed by atoms with E-state index in [2.05, 4.69) is 12.1 Å². The van der Waals surface area contributed by atoms with Crippen LogP contribution >= 0.6 is 0 Å². The van der Waals surface area contributed by atoms with E-state index in [1.165, 1.54) is 11.1 Å².